The Hall–Kier alpha value is -2.82. The molecular formula is C25H30FN5O3S. The number of likely N-dealkylation sites (tertiary alicyclic amines) is 1. The van der Waals surface area contributed by atoms with E-state index in [1.165, 1.54) is 36.1 Å². The highest BCUT2D eigenvalue weighted by Gasteiger charge is 2.29. The third-order valence-corrected chi connectivity index (χ3v) is 7.47. The maximum absolute atomic E-state index is 13.3. The number of rotatable bonds is 7. The highest BCUT2D eigenvalue weighted by Crippen LogP contribution is 2.32. The molecule has 10 heteroatoms. The number of hydrogen-bond acceptors (Lipinski definition) is 7. The van der Waals surface area contributed by atoms with E-state index in [1.54, 1.807) is 12.1 Å². The Kier molecular flexibility index (Phi) is 7.40. The number of carbonyl (C=O) groups excluding carboxylic acids is 1. The first-order chi connectivity index (χ1) is 17.0. The third kappa shape index (κ3) is 5.88. The molecule has 2 fully saturated rings. The second kappa shape index (κ2) is 10.8. The molecule has 2 aliphatic heterocycles. The molecule has 2 atom stereocenters. The van der Waals surface area contributed by atoms with Gasteiger partial charge in [0.1, 0.15) is 17.8 Å². The molecule has 35 heavy (non-hydrogen) atoms. The number of nitrogens with zero attached hydrogens (tertiary/aromatic N) is 4. The van der Waals surface area contributed by atoms with Crippen LogP contribution in [0.2, 0.25) is 0 Å². The van der Waals surface area contributed by atoms with E-state index in [4.69, 9.17) is 14.6 Å². The van der Waals surface area contributed by atoms with Crippen LogP contribution >= 0.6 is 11.3 Å². The summed E-state index contributed by atoms with van der Waals surface area (Å²) >= 11 is 1.21. The first kappa shape index (κ1) is 23.9. The summed E-state index contributed by atoms with van der Waals surface area (Å²) in [4.78, 5) is 19.3. The summed E-state index contributed by atoms with van der Waals surface area (Å²) in [5.41, 5.74) is 1.12. The predicted octanol–water partition coefficient (Wildman–Crippen LogP) is 5.18. The van der Waals surface area contributed by atoms with E-state index < -0.39 is 0 Å². The Morgan fingerprint density at radius 1 is 1.26 bits per heavy atom. The molecule has 0 radical (unpaired) electrons. The summed E-state index contributed by atoms with van der Waals surface area (Å²) in [5.74, 6) is 0.310. The van der Waals surface area contributed by atoms with Crippen molar-refractivity contribution < 1.29 is 18.7 Å². The Labute approximate surface area is 208 Å². The van der Waals surface area contributed by atoms with Gasteiger partial charge in [-0.15, -0.1) is 0 Å². The molecule has 1 amide bonds. The molecule has 0 saturated carbocycles. The lowest BCUT2D eigenvalue weighted by Gasteiger charge is -2.34. The number of hydrogen-bond donors (Lipinski definition) is 1. The van der Waals surface area contributed by atoms with Crippen LogP contribution in [-0.4, -0.2) is 51.3 Å². The fourth-order valence-electron chi connectivity index (χ4n) is 4.63. The van der Waals surface area contributed by atoms with Gasteiger partial charge in [-0.25, -0.2) is 14.1 Å². The zero-order valence-corrected chi connectivity index (χ0v) is 20.5. The van der Waals surface area contributed by atoms with Crippen molar-refractivity contribution in [3.63, 3.8) is 0 Å². The molecule has 1 N–H and O–H groups in total. The average molecular weight is 500 g/mol. The van der Waals surface area contributed by atoms with Crippen molar-refractivity contribution in [3.05, 3.63) is 54.2 Å². The van der Waals surface area contributed by atoms with Crippen LogP contribution in [0.25, 0.3) is 0 Å². The van der Waals surface area contributed by atoms with Gasteiger partial charge in [0.15, 0.2) is 5.13 Å². The predicted molar refractivity (Wildman–Crippen MR) is 131 cm³/mol. The first-order valence-electron chi connectivity index (χ1n) is 12.2. The van der Waals surface area contributed by atoms with E-state index in [0.717, 1.165) is 51.1 Å². The number of benzene rings is 1. The largest absolute Gasteiger partial charge is 0.445 e. The maximum Gasteiger partial charge on any atom is 0.243 e. The molecule has 186 valence electrons. The number of anilines is 1. The van der Waals surface area contributed by atoms with Crippen molar-refractivity contribution >= 4 is 22.4 Å². The Balaban J connectivity index is 1.11. The molecule has 0 aliphatic carbocycles. The van der Waals surface area contributed by atoms with Crippen LogP contribution in [-0.2, 0) is 9.53 Å². The van der Waals surface area contributed by atoms with Crippen molar-refractivity contribution in [3.8, 4) is 10.8 Å². The molecule has 2 unspecified atom stereocenters. The van der Waals surface area contributed by atoms with Crippen LogP contribution in [0, 0.1) is 5.82 Å². The van der Waals surface area contributed by atoms with E-state index in [9.17, 15) is 9.18 Å². The number of piperidine rings is 1. The van der Waals surface area contributed by atoms with Gasteiger partial charge in [0.2, 0.25) is 11.0 Å². The molecule has 0 spiro atoms. The van der Waals surface area contributed by atoms with Gasteiger partial charge in [0.25, 0.3) is 0 Å². The van der Waals surface area contributed by atoms with Crippen LogP contribution in [0.15, 0.2) is 42.7 Å². The maximum atomic E-state index is 13.3. The van der Waals surface area contributed by atoms with Gasteiger partial charge < -0.3 is 14.8 Å². The fraction of sp³-hybridized carbons (Fsp3) is 0.480. The normalized spacial score (nSPS) is 20.5. The Bertz CT molecular complexity index is 1140. The molecule has 0 bridgehead atoms. The van der Waals surface area contributed by atoms with Gasteiger partial charge in [0.05, 0.1) is 17.9 Å². The van der Waals surface area contributed by atoms with E-state index >= 15 is 0 Å². The lowest BCUT2D eigenvalue weighted by molar-refractivity contribution is -0.121. The first-order valence-corrected chi connectivity index (χ1v) is 13.0. The van der Waals surface area contributed by atoms with E-state index in [2.05, 4.69) is 21.3 Å². The van der Waals surface area contributed by atoms with Crippen LogP contribution in [0.4, 0.5) is 9.52 Å². The molecule has 4 heterocycles. The topological polar surface area (TPSA) is 81.5 Å². The number of thiazole rings is 1. The van der Waals surface area contributed by atoms with Crippen molar-refractivity contribution in [2.45, 2.75) is 57.2 Å². The zero-order chi connectivity index (χ0) is 24.2. The standard InChI is InChI=1S/C25H30FN5O3S/c1-17(24(32)28-25-27-16-23(35-25)34-20-6-4-5-19(26)15-20)30-11-8-18(9-12-30)21-10-13-31(29-21)22-7-2-3-14-33-22/h4-6,10,13,15-18,22H,2-3,7-9,11-12,14H2,1H3,(H,27,28,32). The van der Waals surface area contributed by atoms with Crippen LogP contribution < -0.4 is 10.1 Å². The lowest BCUT2D eigenvalue weighted by atomic mass is 9.93. The van der Waals surface area contributed by atoms with Crippen molar-refractivity contribution in [2.24, 2.45) is 0 Å². The number of amides is 1. The summed E-state index contributed by atoms with van der Waals surface area (Å²) in [6.45, 7) is 4.39. The van der Waals surface area contributed by atoms with Gasteiger partial charge in [-0.1, -0.05) is 17.4 Å². The van der Waals surface area contributed by atoms with Gasteiger partial charge in [-0.3, -0.25) is 9.69 Å². The Morgan fingerprint density at radius 3 is 2.89 bits per heavy atom. The van der Waals surface area contributed by atoms with Crippen molar-refractivity contribution in [2.75, 3.05) is 25.0 Å². The molecule has 5 rings (SSSR count). The van der Waals surface area contributed by atoms with E-state index in [0.29, 0.717) is 21.9 Å². The van der Waals surface area contributed by atoms with Crippen LogP contribution in [0.5, 0.6) is 10.8 Å². The molecule has 1 aromatic carbocycles. The summed E-state index contributed by atoms with van der Waals surface area (Å²) in [6, 6.07) is 7.74. The minimum Gasteiger partial charge on any atom is -0.445 e. The summed E-state index contributed by atoms with van der Waals surface area (Å²) < 4.78 is 26.8. The number of halogens is 1. The summed E-state index contributed by atoms with van der Waals surface area (Å²) in [7, 11) is 0. The van der Waals surface area contributed by atoms with Crippen molar-refractivity contribution in [1.29, 1.82) is 0 Å². The highest BCUT2D eigenvalue weighted by atomic mass is 32.1. The Morgan fingerprint density at radius 2 is 2.11 bits per heavy atom. The molecule has 8 nitrogen and oxygen atoms in total. The number of carbonyl (C=O) groups is 1. The van der Waals surface area contributed by atoms with Gasteiger partial charge >= 0.3 is 0 Å². The minimum atomic E-state index is -0.371. The molecule has 2 saturated heterocycles. The van der Waals surface area contributed by atoms with Crippen LogP contribution in [0.3, 0.4) is 0 Å². The lowest BCUT2D eigenvalue weighted by Crippen LogP contribution is -2.45. The minimum absolute atomic E-state index is 0.0620. The zero-order valence-electron chi connectivity index (χ0n) is 19.7. The average Bonchev–Trinajstić information content (AvgIpc) is 3.54. The molecule has 2 aromatic heterocycles. The quantitative estimate of drug-likeness (QED) is 0.483. The van der Waals surface area contributed by atoms with E-state index in [-0.39, 0.29) is 24.0 Å². The monoisotopic (exact) mass is 499 g/mol. The number of nitrogens with one attached hydrogen (secondary N) is 1. The third-order valence-electron chi connectivity index (χ3n) is 6.68. The fourth-order valence-corrected chi connectivity index (χ4v) is 5.32. The summed E-state index contributed by atoms with van der Waals surface area (Å²) in [5, 5.41) is 8.63. The second-order valence-electron chi connectivity index (χ2n) is 9.06. The summed E-state index contributed by atoms with van der Waals surface area (Å²) in [6.07, 6.45) is 8.87. The van der Waals surface area contributed by atoms with Crippen LogP contribution in [0.1, 0.15) is 56.9 Å². The van der Waals surface area contributed by atoms with Gasteiger partial charge in [-0.2, -0.15) is 5.10 Å². The molecule has 3 aromatic rings. The number of aromatic nitrogens is 3. The smallest absolute Gasteiger partial charge is 0.243 e. The number of ether oxygens (including phenoxy) is 2. The molecule has 2 aliphatic rings. The second-order valence-corrected chi connectivity index (χ2v) is 10.1. The van der Waals surface area contributed by atoms with E-state index in [1.807, 2.05) is 17.8 Å². The molecular weight excluding hydrogens is 469 g/mol. The SMILES string of the molecule is CC(C(=O)Nc1ncc(Oc2cccc(F)c2)s1)N1CCC(c2ccn(C3CCCCO3)n2)CC1. The highest BCUT2D eigenvalue weighted by molar-refractivity contribution is 7.17. The van der Waals surface area contributed by atoms with Crippen molar-refractivity contribution in [1.82, 2.24) is 19.7 Å². The van der Waals surface area contributed by atoms with Gasteiger partial charge in [-0.05, 0) is 70.3 Å². The van der Waals surface area contributed by atoms with Gasteiger partial charge in [0, 0.05) is 24.8 Å².